The topological polar surface area (TPSA) is 26.0 Å². The molecule has 1 aliphatic carbocycles. The molecule has 14 heavy (non-hydrogen) atoms. The summed E-state index contributed by atoms with van der Waals surface area (Å²) in [4.78, 5) is 0. The van der Waals surface area contributed by atoms with E-state index in [9.17, 15) is 4.39 Å². The lowest BCUT2D eigenvalue weighted by atomic mass is 9.76. The van der Waals surface area contributed by atoms with Gasteiger partial charge in [0.25, 0.3) is 0 Å². The van der Waals surface area contributed by atoms with Gasteiger partial charge in [-0.05, 0) is 37.3 Å². The molecule has 0 amide bonds. The molecule has 0 radical (unpaired) electrons. The van der Waals surface area contributed by atoms with Crippen LogP contribution in [0.5, 0.6) is 0 Å². The first-order chi connectivity index (χ1) is 6.70. The fourth-order valence-corrected chi connectivity index (χ4v) is 2.10. The van der Waals surface area contributed by atoms with Gasteiger partial charge < -0.3 is 5.73 Å². The summed E-state index contributed by atoms with van der Waals surface area (Å²) in [5.41, 5.74) is 7.76. The van der Waals surface area contributed by atoms with Crippen molar-refractivity contribution >= 4 is 0 Å². The molecule has 2 N–H and O–H groups in total. The highest BCUT2D eigenvalue weighted by atomic mass is 19.1. The number of halogens is 1. The average Bonchev–Trinajstić information content (AvgIpc) is 2.00. The molecule has 0 bridgehead atoms. The number of benzene rings is 1. The predicted molar refractivity (Wildman–Crippen MR) is 55.4 cm³/mol. The minimum Gasteiger partial charge on any atom is -0.324 e. The van der Waals surface area contributed by atoms with E-state index in [2.05, 4.69) is 0 Å². The molecule has 1 nitrogen and oxygen atoms in total. The molecule has 2 heteroatoms. The van der Waals surface area contributed by atoms with Gasteiger partial charge in [0.15, 0.2) is 0 Å². The largest absolute Gasteiger partial charge is 0.324 e. The van der Waals surface area contributed by atoms with E-state index in [-0.39, 0.29) is 11.9 Å². The third-order valence-corrected chi connectivity index (χ3v) is 3.26. The maximum atomic E-state index is 13.5. The van der Waals surface area contributed by atoms with E-state index < -0.39 is 0 Å². The average molecular weight is 193 g/mol. The van der Waals surface area contributed by atoms with Crippen molar-refractivity contribution in [1.82, 2.24) is 0 Å². The Morgan fingerprint density at radius 3 is 2.64 bits per heavy atom. The summed E-state index contributed by atoms with van der Waals surface area (Å²) in [6.07, 6.45) is 3.54. The molecule has 0 heterocycles. The van der Waals surface area contributed by atoms with Gasteiger partial charge in [-0.2, -0.15) is 0 Å². The van der Waals surface area contributed by atoms with Gasteiger partial charge in [0.05, 0.1) is 0 Å². The lowest BCUT2D eigenvalue weighted by Crippen LogP contribution is -2.28. The monoisotopic (exact) mass is 193 g/mol. The molecule has 0 saturated heterocycles. The Bertz CT molecular complexity index is 311. The van der Waals surface area contributed by atoms with Crippen LogP contribution in [0.15, 0.2) is 18.2 Å². The van der Waals surface area contributed by atoms with Crippen LogP contribution < -0.4 is 5.73 Å². The molecule has 1 atom stereocenters. The molecule has 1 aromatic rings. The van der Waals surface area contributed by atoms with Crippen LogP contribution in [0.25, 0.3) is 0 Å². The Morgan fingerprint density at radius 1 is 1.43 bits per heavy atom. The smallest absolute Gasteiger partial charge is 0.128 e. The Kier molecular flexibility index (Phi) is 2.55. The third-order valence-electron chi connectivity index (χ3n) is 3.26. The van der Waals surface area contributed by atoms with Gasteiger partial charge in [-0.3, -0.25) is 0 Å². The van der Waals surface area contributed by atoms with Gasteiger partial charge in [-0.1, -0.05) is 18.6 Å². The quantitative estimate of drug-likeness (QED) is 0.767. The number of hydrogen-bond acceptors (Lipinski definition) is 1. The number of aryl methyl sites for hydroxylation is 1. The van der Waals surface area contributed by atoms with Gasteiger partial charge in [0.1, 0.15) is 5.82 Å². The van der Waals surface area contributed by atoms with Crippen LogP contribution in [0.1, 0.15) is 36.4 Å². The summed E-state index contributed by atoms with van der Waals surface area (Å²) in [7, 11) is 0. The van der Waals surface area contributed by atoms with Crippen LogP contribution >= 0.6 is 0 Å². The van der Waals surface area contributed by atoms with Crippen molar-refractivity contribution in [2.24, 2.45) is 11.7 Å². The minimum atomic E-state index is -0.149. The minimum absolute atomic E-state index is 0.107. The molecule has 1 aliphatic rings. The van der Waals surface area contributed by atoms with Crippen LogP contribution in [0.3, 0.4) is 0 Å². The summed E-state index contributed by atoms with van der Waals surface area (Å²) in [6, 6.07) is 5.06. The van der Waals surface area contributed by atoms with Crippen molar-refractivity contribution in [3.63, 3.8) is 0 Å². The first-order valence-corrected chi connectivity index (χ1v) is 5.20. The van der Waals surface area contributed by atoms with Gasteiger partial charge >= 0.3 is 0 Å². The van der Waals surface area contributed by atoms with Gasteiger partial charge in [0.2, 0.25) is 0 Å². The van der Waals surface area contributed by atoms with Gasteiger partial charge in [-0.15, -0.1) is 0 Å². The predicted octanol–water partition coefficient (Wildman–Crippen LogP) is 2.93. The molecule has 1 aromatic carbocycles. The lowest BCUT2D eigenvalue weighted by Gasteiger charge is -2.32. The lowest BCUT2D eigenvalue weighted by molar-refractivity contribution is 0.260. The molecule has 0 aliphatic heterocycles. The van der Waals surface area contributed by atoms with Crippen molar-refractivity contribution in [3.8, 4) is 0 Å². The van der Waals surface area contributed by atoms with E-state index >= 15 is 0 Å². The second-order valence-electron chi connectivity index (χ2n) is 4.19. The summed E-state index contributed by atoms with van der Waals surface area (Å²) in [5.74, 6) is 0.343. The Hall–Kier alpha value is -0.890. The van der Waals surface area contributed by atoms with Crippen LogP contribution in [0, 0.1) is 18.7 Å². The van der Waals surface area contributed by atoms with Crippen molar-refractivity contribution in [1.29, 1.82) is 0 Å². The van der Waals surface area contributed by atoms with Crippen LogP contribution in [-0.4, -0.2) is 0 Å². The number of nitrogens with two attached hydrogens (primary N) is 1. The summed E-state index contributed by atoms with van der Waals surface area (Å²) >= 11 is 0. The van der Waals surface area contributed by atoms with Gasteiger partial charge in [-0.25, -0.2) is 4.39 Å². The zero-order valence-electron chi connectivity index (χ0n) is 8.46. The van der Waals surface area contributed by atoms with Crippen molar-refractivity contribution < 1.29 is 4.39 Å². The zero-order valence-corrected chi connectivity index (χ0v) is 8.46. The van der Waals surface area contributed by atoms with E-state index in [0.717, 1.165) is 24.0 Å². The first-order valence-electron chi connectivity index (χ1n) is 5.20. The molecule has 2 rings (SSSR count). The molecular weight excluding hydrogens is 177 g/mol. The Balaban J connectivity index is 2.29. The fraction of sp³-hybridized carbons (Fsp3) is 0.500. The summed E-state index contributed by atoms with van der Waals surface area (Å²) < 4.78 is 13.5. The van der Waals surface area contributed by atoms with E-state index in [1.54, 1.807) is 6.07 Å². The summed E-state index contributed by atoms with van der Waals surface area (Å²) in [6.45, 7) is 1.93. The van der Waals surface area contributed by atoms with Crippen molar-refractivity contribution in [2.75, 3.05) is 0 Å². The van der Waals surface area contributed by atoms with E-state index in [4.69, 9.17) is 5.73 Å². The van der Waals surface area contributed by atoms with Crippen LogP contribution in [0.4, 0.5) is 4.39 Å². The molecule has 76 valence electrons. The molecule has 1 saturated carbocycles. The molecule has 0 aromatic heterocycles. The van der Waals surface area contributed by atoms with E-state index in [1.165, 1.54) is 12.5 Å². The van der Waals surface area contributed by atoms with Crippen molar-refractivity contribution in [2.45, 2.75) is 32.2 Å². The van der Waals surface area contributed by atoms with Crippen molar-refractivity contribution in [3.05, 3.63) is 35.1 Å². The second kappa shape index (κ2) is 3.70. The zero-order chi connectivity index (χ0) is 10.1. The number of rotatable bonds is 2. The Morgan fingerprint density at radius 2 is 2.14 bits per heavy atom. The number of hydrogen-bond donors (Lipinski definition) is 1. The second-order valence-corrected chi connectivity index (χ2v) is 4.19. The third kappa shape index (κ3) is 1.55. The first kappa shape index (κ1) is 9.66. The summed E-state index contributed by atoms with van der Waals surface area (Å²) in [5, 5.41) is 0. The fourth-order valence-electron chi connectivity index (χ4n) is 2.10. The standard InChI is InChI=1S/C12H16FN/c1-8-4-2-7-10(13)11(8)12(14)9-5-3-6-9/h2,4,7,9,12H,3,5-6,14H2,1H3/t12-/m1/s1. The molecular formula is C12H16FN. The molecule has 1 fully saturated rings. The maximum Gasteiger partial charge on any atom is 0.128 e. The highest BCUT2D eigenvalue weighted by Gasteiger charge is 2.28. The van der Waals surface area contributed by atoms with E-state index in [0.29, 0.717) is 5.92 Å². The van der Waals surface area contributed by atoms with Crippen LogP contribution in [0.2, 0.25) is 0 Å². The Labute approximate surface area is 84.1 Å². The SMILES string of the molecule is Cc1cccc(F)c1[C@H](N)C1CCC1. The highest BCUT2D eigenvalue weighted by Crippen LogP contribution is 2.37. The highest BCUT2D eigenvalue weighted by molar-refractivity contribution is 5.30. The molecule has 0 unspecified atom stereocenters. The normalized spacial score (nSPS) is 19.1. The van der Waals surface area contributed by atoms with Gasteiger partial charge in [0, 0.05) is 11.6 Å². The maximum absolute atomic E-state index is 13.5. The van der Waals surface area contributed by atoms with Crippen LogP contribution in [-0.2, 0) is 0 Å². The molecule has 0 spiro atoms. The van der Waals surface area contributed by atoms with E-state index in [1.807, 2.05) is 13.0 Å².